The maximum atomic E-state index is 11.8. The van der Waals surface area contributed by atoms with Crippen molar-refractivity contribution in [3.05, 3.63) is 29.3 Å². The number of carbonyl (C=O) groups excluding carboxylic acids is 2. The Balaban J connectivity index is 3.00. The molecule has 0 saturated carbocycles. The molecule has 0 spiro atoms. The molecule has 0 aliphatic heterocycles. The molecule has 5 nitrogen and oxygen atoms in total. The van der Waals surface area contributed by atoms with Crippen molar-refractivity contribution in [2.75, 3.05) is 0 Å². The van der Waals surface area contributed by atoms with E-state index in [1.54, 1.807) is 20.8 Å². The van der Waals surface area contributed by atoms with Crippen molar-refractivity contribution in [2.24, 2.45) is 5.73 Å². The summed E-state index contributed by atoms with van der Waals surface area (Å²) in [4.78, 5) is 23.2. The van der Waals surface area contributed by atoms with E-state index in [-0.39, 0.29) is 17.1 Å². The number of esters is 1. The van der Waals surface area contributed by atoms with E-state index >= 15 is 0 Å². The van der Waals surface area contributed by atoms with E-state index in [0.29, 0.717) is 5.56 Å². The predicted molar refractivity (Wildman–Crippen MR) is 70.9 cm³/mol. The number of hydrogen-bond donors (Lipinski definition) is 2. The van der Waals surface area contributed by atoms with Gasteiger partial charge in [0.15, 0.2) is 5.78 Å². The summed E-state index contributed by atoms with van der Waals surface area (Å²) in [6.45, 7) is 6.57. The first-order chi connectivity index (χ1) is 8.61. The summed E-state index contributed by atoms with van der Waals surface area (Å²) in [7, 11) is 0. The van der Waals surface area contributed by atoms with E-state index in [1.165, 1.54) is 25.1 Å². The Morgan fingerprint density at radius 3 is 2.37 bits per heavy atom. The predicted octanol–water partition coefficient (Wildman–Crippen LogP) is 1.94. The van der Waals surface area contributed by atoms with Gasteiger partial charge in [-0.3, -0.25) is 4.79 Å². The first kappa shape index (κ1) is 15.2. The molecule has 0 bridgehead atoms. The smallest absolute Gasteiger partial charge is 0.328 e. The van der Waals surface area contributed by atoms with Gasteiger partial charge in [-0.1, -0.05) is 6.07 Å². The number of carbonyl (C=O) groups is 2. The summed E-state index contributed by atoms with van der Waals surface area (Å²) in [5, 5.41) is 9.53. The number of Topliss-reactive ketones (excluding diaryl/α,β-unsaturated/α-hetero) is 1. The normalized spacial score (nSPS) is 12.9. The average molecular weight is 265 g/mol. The molecule has 5 heteroatoms. The molecule has 104 valence electrons. The summed E-state index contributed by atoms with van der Waals surface area (Å²) in [6, 6.07) is 3.26. The fourth-order valence-corrected chi connectivity index (χ4v) is 1.53. The van der Waals surface area contributed by atoms with Gasteiger partial charge in [0, 0.05) is 0 Å². The van der Waals surface area contributed by atoms with Crippen LogP contribution in [0.2, 0.25) is 0 Å². The lowest BCUT2D eigenvalue weighted by molar-refractivity contribution is -0.156. The van der Waals surface area contributed by atoms with Gasteiger partial charge in [-0.15, -0.1) is 0 Å². The quantitative estimate of drug-likeness (QED) is 0.644. The molecular weight excluding hydrogens is 246 g/mol. The molecule has 0 radical (unpaired) electrons. The zero-order valence-electron chi connectivity index (χ0n) is 11.6. The maximum absolute atomic E-state index is 11.8. The van der Waals surface area contributed by atoms with Gasteiger partial charge in [-0.05, 0) is 45.4 Å². The third kappa shape index (κ3) is 4.06. The summed E-state index contributed by atoms with van der Waals surface area (Å²) < 4.78 is 5.17. The van der Waals surface area contributed by atoms with E-state index in [0.717, 1.165) is 0 Å². The van der Waals surface area contributed by atoms with E-state index < -0.39 is 17.6 Å². The number of ketones is 1. The molecule has 0 heterocycles. The molecule has 0 amide bonds. The molecule has 0 saturated heterocycles. The fraction of sp³-hybridized carbons (Fsp3) is 0.429. The Kier molecular flexibility index (Phi) is 4.32. The van der Waals surface area contributed by atoms with Crippen LogP contribution in [-0.4, -0.2) is 22.5 Å². The largest absolute Gasteiger partial charge is 0.507 e. The van der Waals surface area contributed by atoms with Crippen molar-refractivity contribution in [3.8, 4) is 5.75 Å². The van der Waals surface area contributed by atoms with Crippen LogP contribution in [0.4, 0.5) is 0 Å². The number of nitrogens with two attached hydrogens (primary N) is 1. The topological polar surface area (TPSA) is 89.6 Å². The van der Waals surface area contributed by atoms with Crippen molar-refractivity contribution < 1.29 is 19.4 Å². The monoisotopic (exact) mass is 265 g/mol. The van der Waals surface area contributed by atoms with Crippen LogP contribution >= 0.6 is 0 Å². The molecule has 0 fully saturated rings. The summed E-state index contributed by atoms with van der Waals surface area (Å²) >= 11 is 0. The lowest BCUT2D eigenvalue weighted by Gasteiger charge is -2.22. The van der Waals surface area contributed by atoms with Gasteiger partial charge >= 0.3 is 5.97 Å². The van der Waals surface area contributed by atoms with Crippen LogP contribution in [0.25, 0.3) is 0 Å². The first-order valence-electron chi connectivity index (χ1n) is 5.94. The highest BCUT2D eigenvalue weighted by Crippen LogP contribution is 2.23. The Hall–Kier alpha value is -1.88. The van der Waals surface area contributed by atoms with Gasteiger partial charge in [-0.2, -0.15) is 0 Å². The van der Waals surface area contributed by atoms with Crippen molar-refractivity contribution in [3.63, 3.8) is 0 Å². The van der Waals surface area contributed by atoms with E-state index in [1.807, 2.05) is 0 Å². The average Bonchev–Trinajstić information content (AvgIpc) is 2.26. The molecule has 1 rings (SSSR count). The van der Waals surface area contributed by atoms with Crippen molar-refractivity contribution in [2.45, 2.75) is 39.3 Å². The van der Waals surface area contributed by atoms with Crippen LogP contribution in [0.3, 0.4) is 0 Å². The molecule has 0 aliphatic carbocycles. The minimum atomic E-state index is -0.988. The fourth-order valence-electron chi connectivity index (χ4n) is 1.53. The molecule has 19 heavy (non-hydrogen) atoms. The summed E-state index contributed by atoms with van der Waals surface area (Å²) in [6.07, 6.45) is 0. The lowest BCUT2D eigenvalue weighted by atomic mass is 10.0. The van der Waals surface area contributed by atoms with Gasteiger partial charge in [0.25, 0.3) is 0 Å². The highest BCUT2D eigenvalue weighted by Gasteiger charge is 2.24. The molecular formula is C14H19NO4. The van der Waals surface area contributed by atoms with E-state index in [4.69, 9.17) is 10.5 Å². The van der Waals surface area contributed by atoms with Crippen LogP contribution in [0.5, 0.6) is 5.75 Å². The van der Waals surface area contributed by atoms with Gasteiger partial charge in [0.2, 0.25) is 0 Å². The second kappa shape index (κ2) is 5.40. The minimum Gasteiger partial charge on any atom is -0.507 e. The Morgan fingerprint density at radius 2 is 1.89 bits per heavy atom. The zero-order chi connectivity index (χ0) is 14.8. The number of benzene rings is 1. The maximum Gasteiger partial charge on any atom is 0.328 e. The van der Waals surface area contributed by atoms with Crippen LogP contribution < -0.4 is 5.73 Å². The standard InChI is InChI=1S/C14H19NO4/c1-8(16)10-7-9(5-6-11(10)17)12(15)13(18)19-14(2,3)4/h5-7,12,17H,15H2,1-4H3. The van der Waals surface area contributed by atoms with E-state index in [2.05, 4.69) is 0 Å². The van der Waals surface area contributed by atoms with Gasteiger partial charge in [-0.25, -0.2) is 4.79 Å². The molecule has 1 aromatic rings. The van der Waals surface area contributed by atoms with Crippen molar-refractivity contribution in [1.82, 2.24) is 0 Å². The SMILES string of the molecule is CC(=O)c1cc(C(N)C(=O)OC(C)(C)C)ccc1O. The highest BCUT2D eigenvalue weighted by molar-refractivity contribution is 5.97. The first-order valence-corrected chi connectivity index (χ1v) is 5.94. The highest BCUT2D eigenvalue weighted by atomic mass is 16.6. The Bertz CT molecular complexity index is 503. The molecule has 0 aromatic heterocycles. The molecule has 1 aromatic carbocycles. The van der Waals surface area contributed by atoms with Crippen LogP contribution in [0.1, 0.15) is 49.7 Å². The Morgan fingerprint density at radius 1 is 1.32 bits per heavy atom. The minimum absolute atomic E-state index is 0.132. The number of phenolic OH excluding ortho intramolecular Hbond substituents is 1. The summed E-state index contributed by atoms with van der Waals surface area (Å²) in [5.74, 6) is -1.00. The van der Waals surface area contributed by atoms with Crippen LogP contribution in [0.15, 0.2) is 18.2 Å². The van der Waals surface area contributed by atoms with Gasteiger partial charge in [0.1, 0.15) is 17.4 Å². The molecule has 1 unspecified atom stereocenters. The lowest BCUT2D eigenvalue weighted by Crippen LogP contribution is -2.31. The third-order valence-corrected chi connectivity index (χ3v) is 2.42. The zero-order valence-corrected chi connectivity index (χ0v) is 11.6. The van der Waals surface area contributed by atoms with Gasteiger partial charge < -0.3 is 15.6 Å². The van der Waals surface area contributed by atoms with Crippen LogP contribution in [-0.2, 0) is 9.53 Å². The number of aromatic hydroxyl groups is 1. The number of rotatable bonds is 3. The van der Waals surface area contributed by atoms with Gasteiger partial charge in [0.05, 0.1) is 5.56 Å². The van der Waals surface area contributed by atoms with Crippen molar-refractivity contribution in [1.29, 1.82) is 0 Å². The molecule has 1 atom stereocenters. The number of phenols is 1. The molecule has 0 aliphatic rings. The molecule has 3 N–H and O–H groups in total. The van der Waals surface area contributed by atoms with Crippen LogP contribution in [0, 0.1) is 0 Å². The summed E-state index contributed by atoms with van der Waals surface area (Å²) in [5.41, 5.74) is 5.73. The van der Waals surface area contributed by atoms with Crippen molar-refractivity contribution >= 4 is 11.8 Å². The van der Waals surface area contributed by atoms with E-state index in [9.17, 15) is 14.7 Å². The second-order valence-electron chi connectivity index (χ2n) is 5.34. The third-order valence-electron chi connectivity index (χ3n) is 2.42. The second-order valence-corrected chi connectivity index (χ2v) is 5.34. The number of hydrogen-bond acceptors (Lipinski definition) is 5. The number of ether oxygens (including phenoxy) is 1. The Labute approximate surface area is 112 Å².